The molecule has 1 aromatic heterocycles. The molecule has 3 rings (SSSR count). The number of benzene rings is 1. The van der Waals surface area contributed by atoms with E-state index in [9.17, 15) is 9.59 Å². The van der Waals surface area contributed by atoms with Crippen LogP contribution >= 0.6 is 11.3 Å². The third-order valence-electron chi connectivity index (χ3n) is 3.81. The number of rotatable bonds is 5. The number of carbonyl (C=O) groups is 2. The summed E-state index contributed by atoms with van der Waals surface area (Å²) in [7, 11) is 0. The van der Waals surface area contributed by atoms with Crippen molar-refractivity contribution in [3.8, 4) is 0 Å². The number of ketones is 1. The predicted molar refractivity (Wildman–Crippen MR) is 83.9 cm³/mol. The van der Waals surface area contributed by atoms with Crippen molar-refractivity contribution in [2.75, 3.05) is 13.1 Å². The summed E-state index contributed by atoms with van der Waals surface area (Å²) in [5, 5.41) is 1.92. The molecule has 0 fully saturated rings. The van der Waals surface area contributed by atoms with Crippen LogP contribution in [0.4, 0.5) is 0 Å². The molecule has 21 heavy (non-hydrogen) atoms. The minimum absolute atomic E-state index is 0.0976. The number of hydrogen-bond acceptors (Lipinski definition) is 3. The van der Waals surface area contributed by atoms with Gasteiger partial charge in [0.25, 0.3) is 5.91 Å². The number of Topliss-reactive ketones (excluding diaryl/α,β-unsaturated/α-hetero) is 1. The standard InChI is InChI=1S/C17H17NO2S/c19-15(16-8-4-12-21-16)7-3-10-18-11-9-13-5-1-2-6-14(13)17(18)20/h1-2,4-6,8,12H,3,7,9-11H2. The van der Waals surface area contributed by atoms with Crippen LogP contribution < -0.4 is 0 Å². The quantitative estimate of drug-likeness (QED) is 0.793. The van der Waals surface area contributed by atoms with Crippen LogP contribution in [0.2, 0.25) is 0 Å². The van der Waals surface area contributed by atoms with Gasteiger partial charge >= 0.3 is 0 Å². The Morgan fingerprint density at radius 3 is 2.86 bits per heavy atom. The van der Waals surface area contributed by atoms with Crippen LogP contribution in [0, 0.1) is 0 Å². The zero-order valence-electron chi connectivity index (χ0n) is 11.7. The molecule has 0 N–H and O–H groups in total. The summed E-state index contributed by atoms with van der Waals surface area (Å²) < 4.78 is 0. The van der Waals surface area contributed by atoms with E-state index in [1.807, 2.05) is 46.7 Å². The van der Waals surface area contributed by atoms with Gasteiger partial charge in [0.15, 0.2) is 5.78 Å². The van der Waals surface area contributed by atoms with Crippen molar-refractivity contribution >= 4 is 23.0 Å². The molecule has 1 aliphatic heterocycles. The fourth-order valence-corrected chi connectivity index (χ4v) is 3.37. The topological polar surface area (TPSA) is 37.4 Å². The van der Waals surface area contributed by atoms with Gasteiger partial charge in [-0.3, -0.25) is 9.59 Å². The maximum absolute atomic E-state index is 12.4. The molecule has 0 radical (unpaired) electrons. The van der Waals surface area contributed by atoms with Crippen molar-refractivity contribution in [3.63, 3.8) is 0 Å². The van der Waals surface area contributed by atoms with E-state index in [0.717, 1.165) is 35.4 Å². The first-order valence-electron chi connectivity index (χ1n) is 7.19. The first-order chi connectivity index (χ1) is 10.3. The molecule has 108 valence electrons. The average Bonchev–Trinajstić information content (AvgIpc) is 3.04. The molecule has 0 aliphatic carbocycles. The number of carbonyl (C=O) groups excluding carboxylic acids is 2. The Bertz CT molecular complexity index is 649. The van der Waals surface area contributed by atoms with Gasteiger partial charge in [-0.25, -0.2) is 0 Å². The van der Waals surface area contributed by atoms with E-state index in [-0.39, 0.29) is 11.7 Å². The summed E-state index contributed by atoms with van der Waals surface area (Å²) >= 11 is 1.48. The fraction of sp³-hybridized carbons (Fsp3) is 0.294. The molecule has 2 heterocycles. The third kappa shape index (κ3) is 3.05. The number of amides is 1. The molecule has 2 aromatic rings. The lowest BCUT2D eigenvalue weighted by atomic mass is 9.99. The Hall–Kier alpha value is -1.94. The van der Waals surface area contributed by atoms with Crippen LogP contribution in [0.1, 0.15) is 38.4 Å². The number of thiophene rings is 1. The van der Waals surface area contributed by atoms with E-state index >= 15 is 0 Å². The van der Waals surface area contributed by atoms with Crippen molar-refractivity contribution in [1.29, 1.82) is 0 Å². The molecule has 0 saturated heterocycles. The molecular weight excluding hydrogens is 282 g/mol. The van der Waals surface area contributed by atoms with Crippen LogP contribution in [0.3, 0.4) is 0 Å². The van der Waals surface area contributed by atoms with E-state index in [1.54, 1.807) is 0 Å². The fourth-order valence-electron chi connectivity index (χ4n) is 2.68. The SMILES string of the molecule is O=C(CCCN1CCc2ccccc2C1=O)c1cccs1. The molecule has 0 bridgehead atoms. The molecule has 1 amide bonds. The van der Waals surface area contributed by atoms with E-state index in [2.05, 4.69) is 0 Å². The predicted octanol–water partition coefficient (Wildman–Crippen LogP) is 3.41. The van der Waals surface area contributed by atoms with Gasteiger partial charge in [-0.2, -0.15) is 0 Å². The lowest BCUT2D eigenvalue weighted by Gasteiger charge is -2.28. The number of nitrogens with zero attached hydrogens (tertiary/aromatic N) is 1. The van der Waals surface area contributed by atoms with Crippen LogP contribution in [0.15, 0.2) is 41.8 Å². The maximum atomic E-state index is 12.4. The number of hydrogen-bond donors (Lipinski definition) is 0. The summed E-state index contributed by atoms with van der Waals surface area (Å²) in [6.07, 6.45) is 2.14. The van der Waals surface area contributed by atoms with E-state index in [0.29, 0.717) is 13.0 Å². The molecule has 0 unspecified atom stereocenters. The van der Waals surface area contributed by atoms with Crippen LogP contribution in [-0.4, -0.2) is 29.7 Å². The monoisotopic (exact) mass is 299 g/mol. The Morgan fingerprint density at radius 2 is 2.05 bits per heavy atom. The van der Waals surface area contributed by atoms with E-state index < -0.39 is 0 Å². The largest absolute Gasteiger partial charge is 0.338 e. The minimum Gasteiger partial charge on any atom is -0.338 e. The molecule has 3 nitrogen and oxygen atoms in total. The highest BCUT2D eigenvalue weighted by atomic mass is 32.1. The van der Waals surface area contributed by atoms with Gasteiger partial charge in [0, 0.05) is 25.1 Å². The van der Waals surface area contributed by atoms with Crippen molar-refractivity contribution in [3.05, 3.63) is 57.8 Å². The molecule has 4 heteroatoms. The number of fused-ring (bicyclic) bond motifs is 1. The highest BCUT2D eigenvalue weighted by molar-refractivity contribution is 7.12. The molecule has 0 atom stereocenters. The Morgan fingerprint density at radius 1 is 1.19 bits per heavy atom. The second kappa shape index (κ2) is 6.22. The van der Waals surface area contributed by atoms with Crippen molar-refractivity contribution in [2.45, 2.75) is 19.3 Å². The second-order valence-corrected chi connectivity index (χ2v) is 6.15. The van der Waals surface area contributed by atoms with Crippen molar-refractivity contribution < 1.29 is 9.59 Å². The van der Waals surface area contributed by atoms with Crippen LogP contribution in [0.25, 0.3) is 0 Å². The highest BCUT2D eigenvalue weighted by Gasteiger charge is 2.23. The van der Waals surface area contributed by atoms with Gasteiger partial charge in [0.05, 0.1) is 4.88 Å². The lowest BCUT2D eigenvalue weighted by Crippen LogP contribution is -2.38. The summed E-state index contributed by atoms with van der Waals surface area (Å²) in [5.41, 5.74) is 1.95. The Balaban J connectivity index is 1.55. The smallest absolute Gasteiger partial charge is 0.254 e. The second-order valence-electron chi connectivity index (χ2n) is 5.20. The lowest BCUT2D eigenvalue weighted by molar-refractivity contribution is 0.0731. The first-order valence-corrected chi connectivity index (χ1v) is 8.07. The zero-order chi connectivity index (χ0) is 14.7. The van der Waals surface area contributed by atoms with Gasteiger partial charge in [-0.05, 0) is 35.9 Å². The highest BCUT2D eigenvalue weighted by Crippen LogP contribution is 2.19. The van der Waals surface area contributed by atoms with Crippen molar-refractivity contribution in [2.24, 2.45) is 0 Å². The first kappa shape index (κ1) is 14.0. The van der Waals surface area contributed by atoms with Gasteiger partial charge in [-0.1, -0.05) is 24.3 Å². The van der Waals surface area contributed by atoms with Gasteiger partial charge in [-0.15, -0.1) is 11.3 Å². The van der Waals surface area contributed by atoms with E-state index in [4.69, 9.17) is 0 Å². The van der Waals surface area contributed by atoms with Crippen LogP contribution in [-0.2, 0) is 6.42 Å². The van der Waals surface area contributed by atoms with Crippen molar-refractivity contribution in [1.82, 2.24) is 4.90 Å². The zero-order valence-corrected chi connectivity index (χ0v) is 12.6. The molecule has 0 saturated carbocycles. The summed E-state index contributed by atoms with van der Waals surface area (Å²) in [5.74, 6) is 0.273. The summed E-state index contributed by atoms with van der Waals surface area (Å²) in [6.45, 7) is 1.41. The molecule has 1 aliphatic rings. The van der Waals surface area contributed by atoms with Gasteiger partial charge in [0.2, 0.25) is 0 Å². The maximum Gasteiger partial charge on any atom is 0.254 e. The molecular formula is C17H17NO2S. The molecule has 0 spiro atoms. The van der Waals surface area contributed by atoms with Gasteiger partial charge < -0.3 is 4.90 Å². The Kier molecular flexibility index (Phi) is 4.15. The normalized spacial score (nSPS) is 14.1. The van der Waals surface area contributed by atoms with Gasteiger partial charge in [0.1, 0.15) is 0 Å². The third-order valence-corrected chi connectivity index (χ3v) is 4.72. The summed E-state index contributed by atoms with van der Waals surface area (Å²) in [4.78, 5) is 27.0. The Labute approximate surface area is 128 Å². The average molecular weight is 299 g/mol. The van der Waals surface area contributed by atoms with Crippen LogP contribution in [0.5, 0.6) is 0 Å². The summed E-state index contributed by atoms with van der Waals surface area (Å²) in [6, 6.07) is 11.5. The molecule has 1 aromatic carbocycles. The minimum atomic E-state index is 0.0976. The van der Waals surface area contributed by atoms with E-state index in [1.165, 1.54) is 11.3 Å².